The Morgan fingerprint density at radius 2 is 1.96 bits per heavy atom. The van der Waals surface area contributed by atoms with E-state index >= 15 is 0 Å². The number of aromatic nitrogens is 4. The van der Waals surface area contributed by atoms with Gasteiger partial charge in [-0.2, -0.15) is 0 Å². The molecule has 0 bridgehead atoms. The lowest BCUT2D eigenvalue weighted by molar-refractivity contribution is 0.263. The molecule has 0 saturated heterocycles. The Bertz CT molecular complexity index is 989. The molecule has 4 aromatic rings. The lowest BCUT2D eigenvalue weighted by atomic mass is 10.2. The Kier molecular flexibility index (Phi) is 4.03. The first-order chi connectivity index (χ1) is 12.2. The van der Waals surface area contributed by atoms with Crippen LogP contribution in [0.15, 0.2) is 59.4 Å². The van der Waals surface area contributed by atoms with E-state index < -0.39 is 0 Å². The van der Waals surface area contributed by atoms with Crippen LogP contribution >= 0.6 is 0 Å². The van der Waals surface area contributed by atoms with Gasteiger partial charge in [0.15, 0.2) is 5.76 Å². The van der Waals surface area contributed by atoms with Crippen LogP contribution in [0.1, 0.15) is 17.1 Å². The summed E-state index contributed by atoms with van der Waals surface area (Å²) in [6.45, 7) is 3.49. The van der Waals surface area contributed by atoms with Crippen molar-refractivity contribution in [3.05, 3.63) is 72.0 Å². The van der Waals surface area contributed by atoms with Crippen LogP contribution in [0.5, 0.6) is 0 Å². The van der Waals surface area contributed by atoms with E-state index in [0.29, 0.717) is 6.54 Å². The lowest BCUT2D eigenvalue weighted by Gasteiger charge is -2.15. The maximum atomic E-state index is 5.47. The SMILES string of the molecule is Cc1nc2ccccn2c1CN(C)Cc1cc(-c2ccccn2)no1. The van der Waals surface area contributed by atoms with Crippen LogP contribution in [-0.4, -0.2) is 31.5 Å². The summed E-state index contributed by atoms with van der Waals surface area (Å²) in [6, 6.07) is 13.7. The van der Waals surface area contributed by atoms with Crippen molar-refractivity contribution >= 4 is 5.65 Å². The molecule has 0 unspecified atom stereocenters. The molecule has 0 spiro atoms. The smallest absolute Gasteiger partial charge is 0.151 e. The van der Waals surface area contributed by atoms with E-state index in [4.69, 9.17) is 4.52 Å². The van der Waals surface area contributed by atoms with Gasteiger partial charge >= 0.3 is 0 Å². The maximum Gasteiger partial charge on any atom is 0.151 e. The molecule has 4 aromatic heterocycles. The zero-order chi connectivity index (χ0) is 17.2. The van der Waals surface area contributed by atoms with E-state index in [-0.39, 0.29) is 0 Å². The number of hydrogen-bond donors (Lipinski definition) is 0. The second-order valence-corrected chi connectivity index (χ2v) is 6.14. The van der Waals surface area contributed by atoms with E-state index in [0.717, 1.165) is 35.0 Å². The first-order valence-electron chi connectivity index (χ1n) is 8.19. The second-order valence-electron chi connectivity index (χ2n) is 6.14. The average molecular weight is 333 g/mol. The van der Waals surface area contributed by atoms with Gasteiger partial charge in [-0.15, -0.1) is 0 Å². The van der Waals surface area contributed by atoms with Crippen LogP contribution in [-0.2, 0) is 13.1 Å². The third-order valence-electron chi connectivity index (χ3n) is 4.16. The van der Waals surface area contributed by atoms with Gasteiger partial charge < -0.3 is 8.92 Å². The summed E-state index contributed by atoms with van der Waals surface area (Å²) >= 11 is 0. The molecular formula is C19H19N5O. The Hall–Kier alpha value is -2.99. The van der Waals surface area contributed by atoms with Crippen molar-refractivity contribution in [3.8, 4) is 11.4 Å². The summed E-state index contributed by atoms with van der Waals surface area (Å²) in [6.07, 6.45) is 3.80. The van der Waals surface area contributed by atoms with Crippen molar-refractivity contribution in [1.82, 2.24) is 24.4 Å². The van der Waals surface area contributed by atoms with Crippen molar-refractivity contribution in [2.24, 2.45) is 0 Å². The summed E-state index contributed by atoms with van der Waals surface area (Å²) in [5, 5.41) is 4.12. The summed E-state index contributed by atoms with van der Waals surface area (Å²) in [7, 11) is 2.06. The van der Waals surface area contributed by atoms with E-state index in [9.17, 15) is 0 Å². The standard InChI is InChI=1S/C19H19N5O/c1-14-18(24-10-6-4-8-19(24)21-14)13-23(2)12-15-11-17(22-25-15)16-7-3-5-9-20-16/h3-11H,12-13H2,1-2H3. The van der Waals surface area contributed by atoms with Crippen molar-refractivity contribution < 1.29 is 4.52 Å². The largest absolute Gasteiger partial charge is 0.359 e. The predicted octanol–water partition coefficient (Wildman–Crippen LogP) is 3.32. The quantitative estimate of drug-likeness (QED) is 0.561. The van der Waals surface area contributed by atoms with Gasteiger partial charge in [-0.05, 0) is 38.2 Å². The molecule has 0 N–H and O–H groups in total. The number of fused-ring (bicyclic) bond motifs is 1. The maximum absolute atomic E-state index is 5.47. The number of aryl methyl sites for hydroxylation is 1. The van der Waals surface area contributed by atoms with Gasteiger partial charge in [0.05, 0.1) is 23.6 Å². The Labute approximate surface area is 145 Å². The van der Waals surface area contributed by atoms with Crippen LogP contribution in [0, 0.1) is 6.92 Å². The van der Waals surface area contributed by atoms with Gasteiger partial charge in [0.1, 0.15) is 11.3 Å². The van der Waals surface area contributed by atoms with E-state index in [1.165, 1.54) is 5.69 Å². The number of imidazole rings is 1. The van der Waals surface area contributed by atoms with Crippen LogP contribution in [0.25, 0.3) is 17.0 Å². The Morgan fingerprint density at radius 1 is 1.08 bits per heavy atom. The van der Waals surface area contributed by atoms with Crippen LogP contribution < -0.4 is 0 Å². The van der Waals surface area contributed by atoms with Gasteiger partial charge in [-0.3, -0.25) is 9.88 Å². The Morgan fingerprint density at radius 3 is 2.80 bits per heavy atom. The van der Waals surface area contributed by atoms with Crippen LogP contribution in [0.4, 0.5) is 0 Å². The van der Waals surface area contributed by atoms with Crippen LogP contribution in [0.2, 0.25) is 0 Å². The minimum Gasteiger partial charge on any atom is -0.359 e. The highest BCUT2D eigenvalue weighted by Crippen LogP contribution is 2.19. The molecular weight excluding hydrogens is 314 g/mol. The molecule has 6 nitrogen and oxygen atoms in total. The summed E-state index contributed by atoms with van der Waals surface area (Å²) in [5.74, 6) is 0.814. The topological polar surface area (TPSA) is 59.5 Å². The highest BCUT2D eigenvalue weighted by Gasteiger charge is 2.13. The monoisotopic (exact) mass is 333 g/mol. The summed E-state index contributed by atoms with van der Waals surface area (Å²) < 4.78 is 7.60. The Balaban J connectivity index is 1.50. The predicted molar refractivity (Wildman–Crippen MR) is 94.8 cm³/mol. The highest BCUT2D eigenvalue weighted by atomic mass is 16.5. The fourth-order valence-corrected chi connectivity index (χ4v) is 2.95. The van der Waals surface area contributed by atoms with Gasteiger partial charge in [0.2, 0.25) is 0 Å². The fourth-order valence-electron chi connectivity index (χ4n) is 2.95. The second kappa shape index (κ2) is 6.49. The fraction of sp³-hybridized carbons (Fsp3) is 0.211. The molecule has 0 radical (unpaired) electrons. The van der Waals surface area contributed by atoms with Gasteiger partial charge in [0, 0.05) is 25.0 Å². The lowest BCUT2D eigenvalue weighted by Crippen LogP contribution is -2.18. The molecule has 4 heterocycles. The molecule has 6 heteroatoms. The third kappa shape index (κ3) is 3.16. The zero-order valence-corrected chi connectivity index (χ0v) is 14.3. The minimum absolute atomic E-state index is 0.666. The van der Waals surface area contributed by atoms with Crippen molar-refractivity contribution in [3.63, 3.8) is 0 Å². The first kappa shape index (κ1) is 15.5. The minimum atomic E-state index is 0.666. The van der Waals surface area contributed by atoms with Gasteiger partial charge in [0.25, 0.3) is 0 Å². The van der Waals surface area contributed by atoms with Crippen LogP contribution in [0.3, 0.4) is 0 Å². The zero-order valence-electron chi connectivity index (χ0n) is 14.3. The van der Waals surface area contributed by atoms with Crippen molar-refractivity contribution in [2.75, 3.05) is 7.05 Å². The van der Waals surface area contributed by atoms with Gasteiger partial charge in [-0.1, -0.05) is 17.3 Å². The molecule has 126 valence electrons. The molecule has 0 fully saturated rings. The third-order valence-corrected chi connectivity index (χ3v) is 4.16. The summed E-state index contributed by atoms with van der Waals surface area (Å²) in [5.41, 5.74) is 4.78. The van der Waals surface area contributed by atoms with Crippen molar-refractivity contribution in [1.29, 1.82) is 0 Å². The molecule has 0 amide bonds. The number of rotatable bonds is 5. The molecule has 0 saturated carbocycles. The molecule has 0 aliphatic rings. The number of pyridine rings is 2. The van der Waals surface area contributed by atoms with E-state index in [1.54, 1.807) is 6.20 Å². The first-order valence-corrected chi connectivity index (χ1v) is 8.19. The number of nitrogens with zero attached hydrogens (tertiary/aromatic N) is 5. The summed E-state index contributed by atoms with van der Waals surface area (Å²) in [4.78, 5) is 11.1. The molecule has 0 atom stereocenters. The molecule has 0 aliphatic carbocycles. The molecule has 25 heavy (non-hydrogen) atoms. The van der Waals surface area contributed by atoms with E-state index in [1.807, 2.05) is 55.6 Å². The molecule has 0 aromatic carbocycles. The average Bonchev–Trinajstić information content (AvgIpc) is 3.21. The number of hydrogen-bond acceptors (Lipinski definition) is 5. The van der Waals surface area contributed by atoms with E-state index in [2.05, 4.69) is 31.5 Å². The highest BCUT2D eigenvalue weighted by molar-refractivity contribution is 5.53. The molecule has 0 aliphatic heterocycles. The normalized spacial score (nSPS) is 11.5. The molecule has 4 rings (SSSR count). The van der Waals surface area contributed by atoms with Gasteiger partial charge in [-0.25, -0.2) is 4.98 Å². The van der Waals surface area contributed by atoms with Crippen molar-refractivity contribution in [2.45, 2.75) is 20.0 Å².